The number of nitrogens with zero attached hydrogens (tertiary/aromatic N) is 5. The van der Waals surface area contributed by atoms with Gasteiger partial charge in [0.2, 0.25) is 0 Å². The average molecular weight is 564 g/mol. The normalized spacial score (nSPS) is 22.0. The summed E-state index contributed by atoms with van der Waals surface area (Å²) in [7, 11) is 0. The lowest BCUT2D eigenvalue weighted by Gasteiger charge is -2.53. The second kappa shape index (κ2) is 9.90. The summed E-state index contributed by atoms with van der Waals surface area (Å²) in [4.78, 5) is 35.2. The van der Waals surface area contributed by atoms with Gasteiger partial charge in [-0.05, 0) is 80.4 Å². The lowest BCUT2D eigenvalue weighted by atomic mass is 9.67. The number of anilines is 3. The average Bonchev–Trinajstić information content (AvgIpc) is 3.22. The van der Waals surface area contributed by atoms with Gasteiger partial charge in [-0.15, -0.1) is 0 Å². The van der Waals surface area contributed by atoms with Gasteiger partial charge in [-0.25, -0.2) is 9.78 Å². The van der Waals surface area contributed by atoms with Crippen LogP contribution in [-0.4, -0.2) is 54.9 Å². The second-order valence-corrected chi connectivity index (χ2v) is 10.4. The zero-order valence-electron chi connectivity index (χ0n) is 22.6. The Kier molecular flexibility index (Phi) is 6.47. The van der Waals surface area contributed by atoms with Crippen molar-refractivity contribution in [2.45, 2.75) is 32.5 Å². The van der Waals surface area contributed by atoms with E-state index in [9.17, 15) is 22.8 Å². The molecule has 41 heavy (non-hydrogen) atoms. The Morgan fingerprint density at radius 2 is 1.88 bits per heavy atom. The molecule has 1 spiro atoms. The van der Waals surface area contributed by atoms with Crippen LogP contribution in [0.3, 0.4) is 0 Å². The number of aromatic nitrogens is 1. The number of benzene rings is 2. The molecule has 1 fully saturated rings. The monoisotopic (exact) mass is 563 g/mol. The molecule has 6 rings (SSSR count). The summed E-state index contributed by atoms with van der Waals surface area (Å²) in [5.41, 5.74) is 0.537. The highest BCUT2D eigenvalue weighted by Gasteiger charge is 2.60. The fraction of sp³-hybridized carbons (Fsp3) is 0.333. The number of piperazine rings is 1. The molecule has 3 aliphatic heterocycles. The van der Waals surface area contributed by atoms with Crippen LogP contribution in [0.1, 0.15) is 35.3 Å². The van der Waals surface area contributed by atoms with Crippen LogP contribution in [0.4, 0.5) is 30.4 Å². The maximum absolute atomic E-state index is 14.4. The van der Waals surface area contributed by atoms with Gasteiger partial charge in [-0.2, -0.15) is 23.3 Å². The fourth-order valence-corrected chi connectivity index (χ4v) is 6.19. The molecule has 2 atom stereocenters. The molecule has 212 valence electrons. The van der Waals surface area contributed by atoms with Gasteiger partial charge in [0.15, 0.2) is 0 Å². The van der Waals surface area contributed by atoms with Gasteiger partial charge in [0, 0.05) is 31.5 Å². The van der Waals surface area contributed by atoms with E-state index in [1.807, 2.05) is 18.2 Å². The highest BCUT2D eigenvalue weighted by Crippen LogP contribution is 2.49. The van der Waals surface area contributed by atoms with Crippen LogP contribution in [0.25, 0.3) is 0 Å². The maximum atomic E-state index is 14.4. The molecule has 2 aromatic carbocycles. The number of carbonyl (C=O) groups excluding carboxylic acids is 2. The maximum Gasteiger partial charge on any atom is 0.416 e. The van der Waals surface area contributed by atoms with Gasteiger partial charge in [0.25, 0.3) is 5.91 Å². The van der Waals surface area contributed by atoms with Crippen molar-refractivity contribution in [2.24, 2.45) is 10.5 Å². The molecule has 0 N–H and O–H groups in total. The first-order valence-electron chi connectivity index (χ1n) is 13.4. The smallest absolute Gasteiger partial charge is 0.416 e. The van der Waals surface area contributed by atoms with Crippen molar-refractivity contribution in [3.05, 3.63) is 83.6 Å². The molecule has 1 saturated heterocycles. The summed E-state index contributed by atoms with van der Waals surface area (Å²) in [6.07, 6.45) is -2.72. The van der Waals surface area contributed by atoms with E-state index in [1.54, 1.807) is 44.3 Å². The number of halogens is 3. The van der Waals surface area contributed by atoms with Crippen LogP contribution >= 0.6 is 0 Å². The standard InChI is InChI=1S/C30H28F3N5O3/c1-3-41-27(39)20-7-10-23(11-8-20)38-28(40)29(19(2)35-38)17-21-16-22(30(31,32)33)9-12-24(21)37-15-14-36(18-25(29)37)26-6-4-5-13-34-26/h4-13,16,25H,3,14-15,17-18H2,1-2H3/t25-,29-/m0/s1. The number of fused-ring (bicyclic) bond motifs is 4. The molecule has 11 heteroatoms. The van der Waals surface area contributed by atoms with Crippen molar-refractivity contribution in [2.75, 3.05) is 41.0 Å². The van der Waals surface area contributed by atoms with Crippen molar-refractivity contribution in [1.82, 2.24) is 4.98 Å². The van der Waals surface area contributed by atoms with Crippen LogP contribution in [-0.2, 0) is 22.1 Å². The van der Waals surface area contributed by atoms with Gasteiger partial charge < -0.3 is 14.5 Å². The number of hydrogen-bond donors (Lipinski definition) is 0. The lowest BCUT2D eigenvalue weighted by molar-refractivity contribution is -0.137. The van der Waals surface area contributed by atoms with E-state index >= 15 is 0 Å². The number of alkyl halides is 3. The van der Waals surface area contributed by atoms with E-state index in [-0.39, 0.29) is 18.9 Å². The number of hydrogen-bond acceptors (Lipinski definition) is 7. The van der Waals surface area contributed by atoms with Crippen LogP contribution < -0.4 is 14.8 Å². The number of ether oxygens (including phenoxy) is 1. The quantitative estimate of drug-likeness (QED) is 0.419. The van der Waals surface area contributed by atoms with E-state index in [2.05, 4.69) is 19.9 Å². The van der Waals surface area contributed by atoms with Crippen molar-refractivity contribution in [3.63, 3.8) is 0 Å². The topological polar surface area (TPSA) is 78.3 Å². The van der Waals surface area contributed by atoms with Crippen molar-refractivity contribution >= 4 is 34.8 Å². The Balaban J connectivity index is 1.41. The lowest BCUT2D eigenvalue weighted by Crippen LogP contribution is -2.67. The number of rotatable bonds is 4. The predicted molar refractivity (Wildman–Crippen MR) is 148 cm³/mol. The van der Waals surface area contributed by atoms with Crippen molar-refractivity contribution in [3.8, 4) is 0 Å². The Morgan fingerprint density at radius 3 is 2.56 bits per heavy atom. The minimum absolute atomic E-state index is 0.0784. The fourth-order valence-electron chi connectivity index (χ4n) is 6.19. The Bertz CT molecular complexity index is 1530. The van der Waals surface area contributed by atoms with Gasteiger partial charge in [0.1, 0.15) is 11.2 Å². The highest BCUT2D eigenvalue weighted by atomic mass is 19.4. The minimum Gasteiger partial charge on any atom is -0.462 e. The van der Waals surface area contributed by atoms with Crippen molar-refractivity contribution in [1.29, 1.82) is 0 Å². The highest BCUT2D eigenvalue weighted by molar-refractivity contribution is 6.20. The number of pyridine rings is 1. The number of esters is 1. The Labute approximate surface area is 235 Å². The minimum atomic E-state index is -4.51. The summed E-state index contributed by atoms with van der Waals surface area (Å²) in [6.45, 7) is 5.24. The molecule has 0 unspecified atom stereocenters. The van der Waals surface area contributed by atoms with E-state index in [1.165, 1.54) is 11.1 Å². The van der Waals surface area contributed by atoms with Gasteiger partial charge in [-0.1, -0.05) is 6.07 Å². The van der Waals surface area contributed by atoms with Gasteiger partial charge >= 0.3 is 12.1 Å². The predicted octanol–water partition coefficient (Wildman–Crippen LogP) is 4.94. The summed E-state index contributed by atoms with van der Waals surface area (Å²) in [5.74, 6) is -0.0217. The molecule has 0 radical (unpaired) electrons. The van der Waals surface area contributed by atoms with Crippen LogP contribution in [0, 0.1) is 5.41 Å². The molecule has 0 saturated carbocycles. The SMILES string of the molecule is CCOC(=O)c1ccc(N2N=C(C)[C@]3(Cc4cc(C(F)(F)F)ccc4N4CCN(c5ccccn5)C[C@H]43)C2=O)cc1. The molecule has 8 nitrogen and oxygen atoms in total. The summed E-state index contributed by atoms with van der Waals surface area (Å²) in [6, 6.07) is 15.4. The molecule has 1 aromatic heterocycles. The van der Waals surface area contributed by atoms with E-state index in [0.717, 1.165) is 18.0 Å². The zero-order chi connectivity index (χ0) is 28.9. The van der Waals surface area contributed by atoms with Crippen LogP contribution in [0.5, 0.6) is 0 Å². The first-order chi connectivity index (χ1) is 19.6. The van der Waals surface area contributed by atoms with Gasteiger partial charge in [0.05, 0.1) is 35.2 Å². The first kappa shape index (κ1) is 26.8. The Morgan fingerprint density at radius 1 is 1.10 bits per heavy atom. The third kappa shape index (κ3) is 4.39. The third-order valence-electron chi connectivity index (χ3n) is 8.20. The molecule has 3 aromatic rings. The second-order valence-electron chi connectivity index (χ2n) is 10.4. The number of carbonyl (C=O) groups is 2. The zero-order valence-corrected chi connectivity index (χ0v) is 22.6. The molecule has 0 aliphatic carbocycles. The van der Waals surface area contributed by atoms with Gasteiger partial charge in [-0.3, -0.25) is 4.79 Å². The molecular weight excluding hydrogens is 535 g/mol. The largest absolute Gasteiger partial charge is 0.462 e. The summed E-state index contributed by atoms with van der Waals surface area (Å²) >= 11 is 0. The summed E-state index contributed by atoms with van der Waals surface area (Å²) in [5, 5.41) is 5.97. The summed E-state index contributed by atoms with van der Waals surface area (Å²) < 4.78 is 46.2. The molecule has 0 bridgehead atoms. The van der Waals surface area contributed by atoms with E-state index < -0.39 is 29.2 Å². The molecular formula is C30H28F3N5O3. The van der Waals surface area contributed by atoms with E-state index in [4.69, 9.17) is 4.74 Å². The Hall–Kier alpha value is -4.41. The van der Waals surface area contributed by atoms with Crippen molar-refractivity contribution < 1.29 is 27.5 Å². The van der Waals surface area contributed by atoms with Crippen LogP contribution in [0.15, 0.2) is 72.0 Å². The van der Waals surface area contributed by atoms with E-state index in [0.29, 0.717) is 47.8 Å². The number of hydrazone groups is 1. The number of amides is 1. The molecule has 4 heterocycles. The third-order valence-corrected chi connectivity index (χ3v) is 8.20. The molecule has 1 amide bonds. The van der Waals surface area contributed by atoms with Crippen LogP contribution in [0.2, 0.25) is 0 Å². The first-order valence-corrected chi connectivity index (χ1v) is 13.4. The molecule has 3 aliphatic rings.